The van der Waals surface area contributed by atoms with Gasteiger partial charge in [0.15, 0.2) is 0 Å². The molecular weight excluding hydrogens is 354 g/mol. The summed E-state index contributed by atoms with van der Waals surface area (Å²) in [4.78, 5) is 16.6. The minimum absolute atomic E-state index is 0.0299. The zero-order valence-corrected chi connectivity index (χ0v) is 16.4. The van der Waals surface area contributed by atoms with Crippen molar-refractivity contribution in [1.29, 1.82) is 0 Å². The Bertz CT molecular complexity index is 756. The molecule has 2 N–H and O–H groups in total. The number of hydrogen-bond acceptors (Lipinski definition) is 5. The highest BCUT2D eigenvalue weighted by atomic mass is 16.5. The third-order valence-electron chi connectivity index (χ3n) is 4.85. The number of phenols is 1. The van der Waals surface area contributed by atoms with Crippen LogP contribution >= 0.6 is 0 Å². The van der Waals surface area contributed by atoms with Crippen molar-refractivity contribution in [1.82, 2.24) is 10.2 Å². The van der Waals surface area contributed by atoms with Crippen molar-refractivity contribution >= 4 is 11.6 Å². The first-order chi connectivity index (χ1) is 13.7. The van der Waals surface area contributed by atoms with Crippen LogP contribution in [0, 0.1) is 0 Å². The summed E-state index contributed by atoms with van der Waals surface area (Å²) in [5.41, 5.74) is 1.92. The number of phenolic OH excluding ortho intramolecular Hbond substituents is 1. The monoisotopic (exact) mass is 383 g/mol. The molecule has 0 spiro atoms. The molecule has 3 rings (SSSR count). The molecule has 150 valence electrons. The largest absolute Gasteiger partial charge is 0.506 e. The number of carbonyl (C=O) groups excluding carboxylic acids is 1. The Kier molecular flexibility index (Phi) is 7.14. The molecule has 0 saturated carbocycles. The summed E-state index contributed by atoms with van der Waals surface area (Å²) in [5, 5.41) is 13.0. The molecule has 0 atom stereocenters. The minimum Gasteiger partial charge on any atom is -0.506 e. The molecule has 0 aromatic heterocycles. The summed E-state index contributed by atoms with van der Waals surface area (Å²) in [6.07, 6.45) is 0.985. The van der Waals surface area contributed by atoms with Gasteiger partial charge in [0.2, 0.25) is 5.91 Å². The van der Waals surface area contributed by atoms with Gasteiger partial charge >= 0.3 is 0 Å². The predicted molar refractivity (Wildman–Crippen MR) is 111 cm³/mol. The number of hydrogen-bond donors (Lipinski definition) is 2. The van der Waals surface area contributed by atoms with Crippen LogP contribution in [-0.2, 0) is 11.3 Å². The molecule has 1 fully saturated rings. The predicted octanol–water partition coefficient (Wildman–Crippen LogP) is 2.62. The van der Waals surface area contributed by atoms with E-state index in [1.54, 1.807) is 6.07 Å². The van der Waals surface area contributed by atoms with Gasteiger partial charge in [0.25, 0.3) is 0 Å². The minimum atomic E-state index is 0.0299. The molecule has 1 saturated heterocycles. The number of para-hydroxylation sites is 2. The summed E-state index contributed by atoms with van der Waals surface area (Å²) in [6, 6.07) is 15.2. The average Bonchev–Trinajstić information content (AvgIpc) is 2.72. The Labute approximate surface area is 166 Å². The van der Waals surface area contributed by atoms with Crippen LogP contribution < -0.4 is 15.0 Å². The summed E-state index contributed by atoms with van der Waals surface area (Å²) >= 11 is 0. The standard InChI is InChI=1S/C22H29N3O3/c1-2-15-28-19-9-7-18(8-10-19)16-23-22(27)17-24-11-13-25(14-12-24)20-5-3-4-6-21(20)26/h3-10,26H,2,11-17H2,1H3,(H,23,27). The van der Waals surface area contributed by atoms with Gasteiger partial charge in [0.1, 0.15) is 11.5 Å². The van der Waals surface area contributed by atoms with E-state index in [1.807, 2.05) is 42.5 Å². The maximum absolute atomic E-state index is 12.3. The fourth-order valence-corrected chi connectivity index (χ4v) is 3.26. The van der Waals surface area contributed by atoms with E-state index in [0.29, 0.717) is 25.4 Å². The second-order valence-corrected chi connectivity index (χ2v) is 7.02. The van der Waals surface area contributed by atoms with E-state index < -0.39 is 0 Å². The highest BCUT2D eigenvalue weighted by Gasteiger charge is 2.20. The number of rotatable bonds is 8. The van der Waals surface area contributed by atoms with Gasteiger partial charge in [-0.3, -0.25) is 9.69 Å². The van der Waals surface area contributed by atoms with Gasteiger partial charge in [0.05, 0.1) is 18.8 Å². The Balaban J connectivity index is 1.39. The number of anilines is 1. The van der Waals surface area contributed by atoms with E-state index in [-0.39, 0.29) is 5.91 Å². The van der Waals surface area contributed by atoms with Crippen LogP contribution in [0.15, 0.2) is 48.5 Å². The van der Waals surface area contributed by atoms with Crippen molar-refractivity contribution in [2.24, 2.45) is 0 Å². The zero-order valence-electron chi connectivity index (χ0n) is 16.4. The van der Waals surface area contributed by atoms with Gasteiger partial charge in [-0.2, -0.15) is 0 Å². The van der Waals surface area contributed by atoms with Crippen LogP contribution in [0.25, 0.3) is 0 Å². The van der Waals surface area contributed by atoms with Crippen LogP contribution in [-0.4, -0.2) is 55.2 Å². The van der Waals surface area contributed by atoms with Crippen molar-refractivity contribution in [3.05, 3.63) is 54.1 Å². The Morgan fingerprint density at radius 3 is 2.46 bits per heavy atom. The normalized spacial score (nSPS) is 14.7. The van der Waals surface area contributed by atoms with Crippen LogP contribution in [0.3, 0.4) is 0 Å². The zero-order chi connectivity index (χ0) is 19.8. The number of carbonyl (C=O) groups is 1. The number of aromatic hydroxyl groups is 1. The first-order valence-corrected chi connectivity index (χ1v) is 9.89. The molecule has 1 aliphatic heterocycles. The van der Waals surface area contributed by atoms with E-state index in [9.17, 15) is 9.90 Å². The summed E-state index contributed by atoms with van der Waals surface area (Å²) in [5.74, 6) is 1.20. The first-order valence-electron chi connectivity index (χ1n) is 9.89. The smallest absolute Gasteiger partial charge is 0.234 e. The highest BCUT2D eigenvalue weighted by Crippen LogP contribution is 2.27. The van der Waals surface area contributed by atoms with Gasteiger partial charge in [-0.1, -0.05) is 31.2 Å². The van der Waals surface area contributed by atoms with E-state index in [1.165, 1.54) is 0 Å². The van der Waals surface area contributed by atoms with Gasteiger partial charge in [-0.25, -0.2) is 0 Å². The van der Waals surface area contributed by atoms with Crippen LogP contribution in [0.4, 0.5) is 5.69 Å². The Morgan fingerprint density at radius 2 is 1.79 bits per heavy atom. The van der Waals surface area contributed by atoms with E-state index >= 15 is 0 Å². The maximum Gasteiger partial charge on any atom is 0.234 e. The summed E-state index contributed by atoms with van der Waals surface area (Å²) in [7, 11) is 0. The van der Waals surface area contributed by atoms with Crippen molar-refractivity contribution in [3.63, 3.8) is 0 Å². The van der Waals surface area contributed by atoms with Crippen molar-refractivity contribution in [2.45, 2.75) is 19.9 Å². The lowest BCUT2D eigenvalue weighted by Crippen LogP contribution is -2.49. The van der Waals surface area contributed by atoms with E-state index in [2.05, 4.69) is 22.0 Å². The van der Waals surface area contributed by atoms with Crippen LogP contribution in [0.2, 0.25) is 0 Å². The number of nitrogens with zero attached hydrogens (tertiary/aromatic N) is 2. The second kappa shape index (κ2) is 9.99. The molecule has 0 aliphatic carbocycles. The van der Waals surface area contributed by atoms with Crippen molar-refractivity contribution < 1.29 is 14.6 Å². The van der Waals surface area contributed by atoms with Gasteiger partial charge in [0, 0.05) is 32.7 Å². The molecule has 1 heterocycles. The lowest BCUT2D eigenvalue weighted by atomic mass is 10.2. The summed E-state index contributed by atoms with van der Waals surface area (Å²) < 4.78 is 5.57. The topological polar surface area (TPSA) is 65.0 Å². The lowest BCUT2D eigenvalue weighted by Gasteiger charge is -2.35. The maximum atomic E-state index is 12.3. The quantitative estimate of drug-likeness (QED) is 0.734. The fourth-order valence-electron chi connectivity index (χ4n) is 3.26. The molecule has 6 heteroatoms. The molecule has 2 aromatic carbocycles. The summed E-state index contributed by atoms with van der Waals surface area (Å²) in [6.45, 7) is 6.89. The molecule has 2 aromatic rings. The molecule has 0 unspecified atom stereocenters. The van der Waals surface area contributed by atoms with Crippen LogP contribution in [0.5, 0.6) is 11.5 Å². The van der Waals surface area contributed by atoms with E-state index in [0.717, 1.165) is 49.6 Å². The number of ether oxygens (including phenoxy) is 1. The SMILES string of the molecule is CCCOc1ccc(CNC(=O)CN2CCN(c3ccccc3O)CC2)cc1. The van der Waals surface area contributed by atoms with E-state index in [4.69, 9.17) is 4.74 Å². The van der Waals surface area contributed by atoms with Gasteiger partial charge in [-0.05, 0) is 36.2 Å². The fraction of sp³-hybridized carbons (Fsp3) is 0.409. The molecule has 0 bridgehead atoms. The molecule has 28 heavy (non-hydrogen) atoms. The Hall–Kier alpha value is -2.73. The van der Waals surface area contributed by atoms with Crippen molar-refractivity contribution in [3.8, 4) is 11.5 Å². The highest BCUT2D eigenvalue weighted by molar-refractivity contribution is 5.78. The number of nitrogens with one attached hydrogen (secondary N) is 1. The van der Waals surface area contributed by atoms with Gasteiger partial charge in [-0.15, -0.1) is 0 Å². The Morgan fingerprint density at radius 1 is 1.07 bits per heavy atom. The number of benzene rings is 2. The third-order valence-corrected chi connectivity index (χ3v) is 4.85. The molecule has 6 nitrogen and oxygen atoms in total. The average molecular weight is 383 g/mol. The first kappa shape index (κ1) is 20.0. The lowest BCUT2D eigenvalue weighted by molar-refractivity contribution is -0.122. The van der Waals surface area contributed by atoms with Crippen molar-refractivity contribution in [2.75, 3.05) is 44.2 Å². The molecule has 1 amide bonds. The number of amides is 1. The molecule has 1 aliphatic rings. The molecular formula is C22H29N3O3. The third kappa shape index (κ3) is 5.63. The van der Waals surface area contributed by atoms with Crippen LogP contribution in [0.1, 0.15) is 18.9 Å². The van der Waals surface area contributed by atoms with Gasteiger partial charge < -0.3 is 20.1 Å². The molecule has 0 radical (unpaired) electrons. The number of piperazine rings is 1. The second-order valence-electron chi connectivity index (χ2n) is 7.02.